The Kier molecular flexibility index (Phi) is 3.84. The zero-order valence-corrected chi connectivity index (χ0v) is 13.7. The van der Waals surface area contributed by atoms with Crippen LogP contribution < -0.4 is 0 Å². The van der Waals surface area contributed by atoms with Crippen molar-refractivity contribution in [3.8, 4) is 0 Å². The first-order chi connectivity index (χ1) is 10.8. The molecule has 0 saturated heterocycles. The maximum absolute atomic E-state index is 5.66. The van der Waals surface area contributed by atoms with Gasteiger partial charge in [-0.1, -0.05) is 30.7 Å². The van der Waals surface area contributed by atoms with Crippen molar-refractivity contribution in [3.63, 3.8) is 0 Å². The second-order valence-electron chi connectivity index (χ2n) is 6.37. The third kappa shape index (κ3) is 2.63. The van der Waals surface area contributed by atoms with Crippen LogP contribution in [0.4, 0.5) is 0 Å². The van der Waals surface area contributed by atoms with Gasteiger partial charge in [0.2, 0.25) is 0 Å². The van der Waals surface area contributed by atoms with Crippen LogP contribution in [0.25, 0.3) is 0 Å². The number of fused-ring (bicyclic) bond motifs is 2. The Balaban J connectivity index is 1.54. The van der Waals surface area contributed by atoms with Crippen LogP contribution in [0.5, 0.6) is 0 Å². The summed E-state index contributed by atoms with van der Waals surface area (Å²) in [7, 11) is 0. The van der Waals surface area contributed by atoms with E-state index in [1.54, 1.807) is 0 Å². The minimum Gasteiger partial charge on any atom is -0.304 e. The number of hydrogen-bond acceptors (Lipinski definition) is 3. The third-order valence-corrected chi connectivity index (χ3v) is 5.26. The van der Waals surface area contributed by atoms with E-state index in [0.717, 1.165) is 43.9 Å². The van der Waals surface area contributed by atoms with Gasteiger partial charge < -0.3 is 4.57 Å². The summed E-state index contributed by atoms with van der Waals surface area (Å²) in [5, 5.41) is 4.79. The van der Waals surface area contributed by atoms with Gasteiger partial charge in [-0.25, -0.2) is 4.68 Å². The summed E-state index contributed by atoms with van der Waals surface area (Å²) >= 11 is 5.66. The van der Waals surface area contributed by atoms with E-state index in [-0.39, 0.29) is 0 Å². The van der Waals surface area contributed by atoms with Gasteiger partial charge in [-0.2, -0.15) is 5.10 Å². The number of benzene rings is 1. The second kappa shape index (κ2) is 5.97. The lowest BCUT2D eigenvalue weighted by atomic mass is 10.0. The first-order valence-corrected chi connectivity index (χ1v) is 8.68. The molecule has 0 atom stereocenters. The van der Waals surface area contributed by atoms with Crippen LogP contribution in [0.3, 0.4) is 0 Å². The molecule has 0 saturated carbocycles. The van der Waals surface area contributed by atoms with Gasteiger partial charge in [-0.3, -0.25) is 4.90 Å². The molecular formula is C17H22N4S. The second-order valence-corrected chi connectivity index (χ2v) is 6.74. The Morgan fingerprint density at radius 3 is 2.77 bits per heavy atom. The van der Waals surface area contributed by atoms with E-state index >= 15 is 0 Å². The summed E-state index contributed by atoms with van der Waals surface area (Å²) in [6, 6.07) is 8.75. The van der Waals surface area contributed by atoms with E-state index < -0.39 is 0 Å². The molecule has 0 bridgehead atoms. The average Bonchev–Trinajstić information content (AvgIpc) is 2.72. The van der Waals surface area contributed by atoms with Crippen LogP contribution in [-0.4, -0.2) is 25.8 Å². The fraction of sp³-hybridized carbons (Fsp3) is 0.529. The number of hydrogen-bond donors (Lipinski definition) is 0. The predicted molar refractivity (Wildman–Crippen MR) is 89.2 cm³/mol. The van der Waals surface area contributed by atoms with Crippen LogP contribution >= 0.6 is 12.2 Å². The van der Waals surface area contributed by atoms with E-state index in [1.807, 2.05) is 4.68 Å². The highest BCUT2D eigenvalue weighted by molar-refractivity contribution is 7.71. The number of rotatable bonds is 2. The van der Waals surface area contributed by atoms with Gasteiger partial charge in [0.1, 0.15) is 5.82 Å². The molecule has 116 valence electrons. The zero-order valence-electron chi connectivity index (χ0n) is 12.9. The lowest BCUT2D eigenvalue weighted by Gasteiger charge is -2.28. The quantitative estimate of drug-likeness (QED) is 0.797. The van der Waals surface area contributed by atoms with E-state index in [0.29, 0.717) is 0 Å². The topological polar surface area (TPSA) is 26.0 Å². The maximum Gasteiger partial charge on any atom is 0.199 e. The molecule has 0 unspecified atom stereocenters. The van der Waals surface area contributed by atoms with E-state index in [2.05, 4.69) is 33.7 Å². The van der Waals surface area contributed by atoms with Gasteiger partial charge in [-0.15, -0.1) is 0 Å². The summed E-state index contributed by atoms with van der Waals surface area (Å²) in [6.45, 7) is 3.94. The van der Waals surface area contributed by atoms with Gasteiger partial charge in [0.05, 0.1) is 6.67 Å². The van der Waals surface area contributed by atoms with Crippen LogP contribution in [-0.2, 0) is 32.6 Å². The van der Waals surface area contributed by atoms with Crippen molar-refractivity contribution in [1.82, 2.24) is 19.2 Å². The monoisotopic (exact) mass is 314 g/mol. The van der Waals surface area contributed by atoms with Crippen LogP contribution in [0.2, 0.25) is 0 Å². The fourth-order valence-electron chi connectivity index (χ4n) is 3.58. The molecule has 22 heavy (non-hydrogen) atoms. The van der Waals surface area contributed by atoms with Crippen molar-refractivity contribution < 1.29 is 0 Å². The maximum atomic E-state index is 5.66. The fourth-order valence-corrected chi connectivity index (χ4v) is 3.88. The minimum absolute atomic E-state index is 0.813. The van der Waals surface area contributed by atoms with E-state index in [9.17, 15) is 0 Å². The third-order valence-electron chi connectivity index (χ3n) is 4.83. The molecule has 0 spiro atoms. The lowest BCUT2D eigenvalue weighted by Crippen LogP contribution is -2.32. The summed E-state index contributed by atoms with van der Waals surface area (Å²) in [4.78, 5) is 2.45. The molecule has 2 aliphatic rings. The zero-order chi connectivity index (χ0) is 14.9. The summed E-state index contributed by atoms with van der Waals surface area (Å²) < 4.78 is 5.18. The summed E-state index contributed by atoms with van der Waals surface area (Å²) in [5.41, 5.74) is 2.93. The normalized spacial score (nSPS) is 18.5. The van der Waals surface area contributed by atoms with Gasteiger partial charge in [-0.05, 0) is 42.6 Å². The molecule has 4 rings (SSSR count). The Morgan fingerprint density at radius 1 is 1.00 bits per heavy atom. The summed E-state index contributed by atoms with van der Waals surface area (Å²) in [6.07, 6.45) is 5.95. The first kappa shape index (κ1) is 14.2. The molecule has 0 fully saturated rings. The molecule has 1 aromatic carbocycles. The molecular weight excluding hydrogens is 292 g/mol. The minimum atomic E-state index is 0.813. The van der Waals surface area contributed by atoms with Crippen LogP contribution in [0.15, 0.2) is 24.3 Å². The Hall–Kier alpha value is -1.46. The Morgan fingerprint density at radius 2 is 1.86 bits per heavy atom. The molecule has 2 aliphatic heterocycles. The summed E-state index contributed by atoms with van der Waals surface area (Å²) in [5.74, 6) is 1.18. The first-order valence-electron chi connectivity index (χ1n) is 8.27. The van der Waals surface area contributed by atoms with Crippen molar-refractivity contribution >= 4 is 12.2 Å². The molecule has 2 aromatic rings. The molecule has 0 N–H and O–H groups in total. The largest absolute Gasteiger partial charge is 0.304 e. The molecule has 5 heteroatoms. The van der Waals surface area contributed by atoms with E-state index in [4.69, 9.17) is 17.3 Å². The molecule has 0 radical (unpaired) electrons. The predicted octanol–water partition coefficient (Wildman–Crippen LogP) is 3.16. The van der Waals surface area contributed by atoms with E-state index in [1.165, 1.54) is 36.2 Å². The van der Waals surface area contributed by atoms with Crippen molar-refractivity contribution in [2.24, 2.45) is 0 Å². The average molecular weight is 314 g/mol. The van der Waals surface area contributed by atoms with Gasteiger partial charge in [0.15, 0.2) is 4.77 Å². The Bertz CT molecular complexity index is 731. The Labute approximate surface area is 136 Å². The highest BCUT2D eigenvalue weighted by Crippen LogP contribution is 2.20. The van der Waals surface area contributed by atoms with Crippen molar-refractivity contribution in [3.05, 3.63) is 46.0 Å². The van der Waals surface area contributed by atoms with Gasteiger partial charge in [0.25, 0.3) is 0 Å². The number of nitrogens with zero attached hydrogens (tertiary/aromatic N) is 4. The van der Waals surface area contributed by atoms with Gasteiger partial charge in [0, 0.05) is 26.1 Å². The molecule has 0 amide bonds. The van der Waals surface area contributed by atoms with Crippen LogP contribution in [0, 0.1) is 4.77 Å². The number of aromatic nitrogens is 3. The van der Waals surface area contributed by atoms with Crippen molar-refractivity contribution in [2.75, 3.05) is 6.54 Å². The smallest absolute Gasteiger partial charge is 0.199 e. The SMILES string of the molecule is S=c1n(CN2CCc3ccccc3C2)nc2n1CCCCC2. The van der Waals surface area contributed by atoms with Crippen molar-refractivity contribution in [2.45, 2.75) is 51.9 Å². The number of aryl methyl sites for hydroxylation is 1. The van der Waals surface area contributed by atoms with Crippen LogP contribution in [0.1, 0.15) is 36.2 Å². The van der Waals surface area contributed by atoms with Crippen molar-refractivity contribution in [1.29, 1.82) is 0 Å². The highest BCUT2D eigenvalue weighted by Gasteiger charge is 2.19. The highest BCUT2D eigenvalue weighted by atomic mass is 32.1. The lowest BCUT2D eigenvalue weighted by molar-refractivity contribution is 0.187. The molecule has 4 nitrogen and oxygen atoms in total. The molecule has 0 aliphatic carbocycles. The molecule has 3 heterocycles. The standard InChI is InChI=1S/C17H22N4S/c22-17-20-10-5-1-2-8-16(20)18-21(17)13-19-11-9-14-6-3-4-7-15(14)12-19/h3-4,6-7H,1-2,5,8-13H2. The van der Waals surface area contributed by atoms with Gasteiger partial charge >= 0.3 is 0 Å². The molecule has 1 aromatic heterocycles.